The number of carbonyl (C=O) groups excluding carboxylic acids is 2. The van der Waals surface area contributed by atoms with E-state index in [1.807, 2.05) is 0 Å². The molecule has 1 atom stereocenters. The number of carbonyl (C=O) groups is 3. The van der Waals surface area contributed by atoms with E-state index in [0.717, 1.165) is 11.1 Å². The lowest BCUT2D eigenvalue weighted by molar-refractivity contribution is -0.148. The van der Waals surface area contributed by atoms with Crippen LogP contribution >= 0.6 is 0 Å². The summed E-state index contributed by atoms with van der Waals surface area (Å²) >= 11 is 0. The summed E-state index contributed by atoms with van der Waals surface area (Å²) in [5, 5.41) is 12.0. The highest BCUT2D eigenvalue weighted by atomic mass is 16.6. The molecule has 0 aliphatic heterocycles. The number of H-pyrrole nitrogens is 2. The number of aromatic amines is 2. The van der Waals surface area contributed by atoms with Crippen LogP contribution in [0.1, 0.15) is 45.8 Å². The summed E-state index contributed by atoms with van der Waals surface area (Å²) in [6, 6.07) is 5.35. The van der Waals surface area contributed by atoms with Gasteiger partial charge in [-0.15, -0.1) is 0 Å². The first-order valence-corrected chi connectivity index (χ1v) is 11.8. The van der Waals surface area contributed by atoms with Crippen LogP contribution in [0.3, 0.4) is 0 Å². The molecule has 0 saturated heterocycles. The SMILES string of the molecule is Cc1oc(=O)oc1COC(=O)C(CCC(=O)O)NC(=O)c1ccc(CCc2c[nH]c3nc(N)[nH]c(=O)c23)cc1. The number of carboxylic acids is 1. The minimum Gasteiger partial charge on any atom is -0.481 e. The number of nitrogen functional groups attached to an aromatic ring is 1. The van der Waals surface area contributed by atoms with Crippen molar-refractivity contribution in [2.75, 3.05) is 5.73 Å². The predicted octanol–water partition coefficient (Wildman–Crippen LogP) is 1.18. The van der Waals surface area contributed by atoms with E-state index in [4.69, 9.17) is 24.4 Å². The molecule has 0 aliphatic carbocycles. The largest absolute Gasteiger partial charge is 0.519 e. The van der Waals surface area contributed by atoms with E-state index < -0.39 is 42.7 Å². The Kier molecular flexibility index (Phi) is 7.93. The summed E-state index contributed by atoms with van der Waals surface area (Å²) in [6.45, 7) is 1.03. The molecule has 3 heterocycles. The van der Waals surface area contributed by atoms with Crippen molar-refractivity contribution in [3.63, 3.8) is 0 Å². The lowest BCUT2D eigenvalue weighted by Crippen LogP contribution is -2.42. The highest BCUT2D eigenvalue weighted by molar-refractivity contribution is 5.96. The first-order valence-electron chi connectivity index (χ1n) is 11.8. The summed E-state index contributed by atoms with van der Waals surface area (Å²) < 4.78 is 14.6. The molecule has 39 heavy (non-hydrogen) atoms. The Balaban J connectivity index is 1.38. The number of rotatable bonds is 11. The number of hydrogen-bond acceptors (Lipinski definition) is 10. The Bertz CT molecular complexity index is 1630. The molecule has 14 nitrogen and oxygen atoms in total. The molecule has 0 spiro atoms. The van der Waals surface area contributed by atoms with Crippen molar-refractivity contribution in [2.45, 2.75) is 45.3 Å². The standard InChI is InChI=1S/C25H25N5O9/c1-12-17(39-25(36)38-12)11-37-23(35)16(8-9-18(31)32)28-21(33)14-5-2-13(3-6-14)4-7-15-10-27-20-19(15)22(34)30-24(26)29-20/h2-3,5-6,10,16H,4,7-9,11H2,1H3,(H,28,33)(H,31,32)(H4,26,27,29,30,34). The van der Waals surface area contributed by atoms with E-state index in [1.54, 1.807) is 30.5 Å². The van der Waals surface area contributed by atoms with Crippen molar-refractivity contribution in [1.82, 2.24) is 20.3 Å². The Morgan fingerprint density at radius 3 is 2.56 bits per heavy atom. The van der Waals surface area contributed by atoms with E-state index in [1.165, 1.54) is 6.92 Å². The van der Waals surface area contributed by atoms with Crippen molar-refractivity contribution in [3.8, 4) is 0 Å². The molecule has 4 rings (SSSR count). The van der Waals surface area contributed by atoms with Crippen molar-refractivity contribution < 1.29 is 33.1 Å². The number of benzene rings is 1. The fraction of sp³-hybridized carbons (Fsp3) is 0.280. The average Bonchev–Trinajstić information content (AvgIpc) is 3.45. The smallest absolute Gasteiger partial charge is 0.481 e. The molecule has 14 heteroatoms. The molecule has 0 saturated carbocycles. The second-order valence-corrected chi connectivity index (χ2v) is 8.69. The molecule has 4 aromatic rings. The maximum atomic E-state index is 12.8. The van der Waals surface area contributed by atoms with Gasteiger partial charge in [0.25, 0.3) is 11.5 Å². The number of nitrogens with two attached hydrogens (primary N) is 1. The van der Waals surface area contributed by atoms with Crippen molar-refractivity contribution in [1.29, 1.82) is 0 Å². The van der Waals surface area contributed by atoms with Crippen LogP contribution in [-0.4, -0.2) is 43.9 Å². The van der Waals surface area contributed by atoms with Gasteiger partial charge in [-0.1, -0.05) is 12.1 Å². The molecular formula is C25H25N5O9. The highest BCUT2D eigenvalue weighted by Gasteiger charge is 2.25. The van der Waals surface area contributed by atoms with Crippen LogP contribution in [0.2, 0.25) is 0 Å². The van der Waals surface area contributed by atoms with Gasteiger partial charge in [0.15, 0.2) is 18.1 Å². The first-order chi connectivity index (χ1) is 18.6. The van der Waals surface area contributed by atoms with Gasteiger partial charge in [0.05, 0.1) is 5.39 Å². The zero-order valence-electron chi connectivity index (χ0n) is 20.7. The van der Waals surface area contributed by atoms with Crippen molar-refractivity contribution >= 4 is 34.8 Å². The quantitative estimate of drug-likeness (QED) is 0.170. The fourth-order valence-corrected chi connectivity index (χ4v) is 3.92. The predicted molar refractivity (Wildman–Crippen MR) is 135 cm³/mol. The zero-order valence-corrected chi connectivity index (χ0v) is 20.7. The number of aromatic nitrogens is 3. The van der Waals surface area contributed by atoms with E-state index >= 15 is 0 Å². The lowest BCUT2D eigenvalue weighted by atomic mass is 10.0. The molecule has 1 aromatic carbocycles. The van der Waals surface area contributed by atoms with Gasteiger partial charge >= 0.3 is 17.8 Å². The van der Waals surface area contributed by atoms with Crippen LogP contribution in [0.15, 0.2) is 48.9 Å². The number of nitrogens with one attached hydrogen (secondary N) is 3. The topological polar surface area (TPSA) is 224 Å². The number of carboxylic acid groups (broad SMARTS) is 1. The van der Waals surface area contributed by atoms with Gasteiger partial charge in [0, 0.05) is 18.2 Å². The van der Waals surface area contributed by atoms with Crippen molar-refractivity contribution in [2.24, 2.45) is 0 Å². The second kappa shape index (κ2) is 11.5. The lowest BCUT2D eigenvalue weighted by Gasteiger charge is -2.17. The molecule has 0 radical (unpaired) electrons. The maximum absolute atomic E-state index is 12.8. The van der Waals surface area contributed by atoms with Crippen molar-refractivity contribution in [3.05, 3.63) is 79.6 Å². The van der Waals surface area contributed by atoms with Gasteiger partial charge in [0.2, 0.25) is 5.95 Å². The summed E-state index contributed by atoms with van der Waals surface area (Å²) in [4.78, 5) is 69.3. The minimum absolute atomic E-state index is 0.00452. The number of nitrogens with zero attached hydrogens (tertiary/aromatic N) is 1. The number of anilines is 1. The molecule has 0 aliphatic rings. The third-order valence-electron chi connectivity index (χ3n) is 5.96. The maximum Gasteiger partial charge on any atom is 0.519 e. The molecule has 6 N–H and O–H groups in total. The fourth-order valence-electron chi connectivity index (χ4n) is 3.92. The van der Waals surface area contributed by atoms with Gasteiger partial charge in [-0.3, -0.25) is 19.4 Å². The highest BCUT2D eigenvalue weighted by Crippen LogP contribution is 2.16. The summed E-state index contributed by atoms with van der Waals surface area (Å²) in [6.07, 6.45) is 2.19. The number of hydrogen-bond donors (Lipinski definition) is 5. The molecule has 1 amide bonds. The van der Waals surface area contributed by atoms with Crippen LogP contribution in [0.5, 0.6) is 0 Å². The number of fused-ring (bicyclic) bond motifs is 1. The van der Waals surface area contributed by atoms with Gasteiger partial charge < -0.3 is 34.7 Å². The van der Waals surface area contributed by atoms with E-state index in [9.17, 15) is 24.0 Å². The minimum atomic E-state index is -1.25. The Hall–Kier alpha value is -5.14. The van der Waals surface area contributed by atoms with E-state index in [2.05, 4.69) is 20.3 Å². The molecule has 0 fully saturated rings. The van der Waals surface area contributed by atoms with E-state index in [0.29, 0.717) is 23.9 Å². The summed E-state index contributed by atoms with van der Waals surface area (Å²) in [5.74, 6) is -3.44. The Morgan fingerprint density at radius 1 is 1.15 bits per heavy atom. The number of amides is 1. The second-order valence-electron chi connectivity index (χ2n) is 8.69. The Morgan fingerprint density at radius 2 is 1.90 bits per heavy atom. The van der Waals surface area contributed by atoms with Gasteiger partial charge in [-0.2, -0.15) is 4.98 Å². The van der Waals surface area contributed by atoms with Crippen LogP contribution < -0.4 is 22.4 Å². The van der Waals surface area contributed by atoms with Crippen LogP contribution in [0, 0.1) is 6.92 Å². The van der Waals surface area contributed by atoms with E-state index in [-0.39, 0.29) is 35.0 Å². The van der Waals surface area contributed by atoms with Gasteiger partial charge in [-0.05, 0) is 49.4 Å². The zero-order chi connectivity index (χ0) is 28.1. The molecular weight excluding hydrogens is 514 g/mol. The van der Waals surface area contributed by atoms with Crippen LogP contribution in [0.25, 0.3) is 11.0 Å². The molecule has 3 aromatic heterocycles. The number of aryl methyl sites for hydroxylation is 3. The first kappa shape index (κ1) is 26.9. The third kappa shape index (κ3) is 6.60. The molecule has 1 unspecified atom stereocenters. The Labute approximate surface area is 219 Å². The summed E-state index contributed by atoms with van der Waals surface area (Å²) in [5.41, 5.74) is 7.54. The monoisotopic (exact) mass is 539 g/mol. The number of esters is 1. The number of ether oxygens (including phenoxy) is 1. The van der Waals surface area contributed by atoms with Gasteiger partial charge in [0.1, 0.15) is 11.7 Å². The third-order valence-corrected chi connectivity index (χ3v) is 5.96. The summed E-state index contributed by atoms with van der Waals surface area (Å²) in [7, 11) is 0. The van der Waals surface area contributed by atoms with Gasteiger partial charge in [-0.25, -0.2) is 9.59 Å². The molecule has 0 bridgehead atoms. The van der Waals surface area contributed by atoms with Crippen LogP contribution in [0.4, 0.5) is 5.95 Å². The normalized spacial score (nSPS) is 11.8. The molecule has 204 valence electrons. The average molecular weight is 540 g/mol. The number of aliphatic carboxylic acids is 1. The van der Waals surface area contributed by atoms with Crippen LogP contribution in [-0.2, 0) is 33.8 Å².